The van der Waals surface area contributed by atoms with Crippen LogP contribution in [0.25, 0.3) is 0 Å². The van der Waals surface area contributed by atoms with Crippen LogP contribution in [0.5, 0.6) is 0 Å². The van der Waals surface area contributed by atoms with E-state index in [9.17, 15) is 23.5 Å². The van der Waals surface area contributed by atoms with Gasteiger partial charge in [-0.2, -0.15) is 8.78 Å². The molecule has 0 bridgehead atoms. The van der Waals surface area contributed by atoms with Crippen molar-refractivity contribution < 1.29 is 28.6 Å². The molecule has 178 valence electrons. The highest BCUT2D eigenvalue weighted by molar-refractivity contribution is 5.86. The second kappa shape index (κ2) is 12.7. The van der Waals surface area contributed by atoms with Crippen LogP contribution in [0.1, 0.15) is 63.9 Å². The number of nitrogens with zero attached hydrogens (tertiary/aromatic N) is 1. The molecule has 0 spiro atoms. The van der Waals surface area contributed by atoms with Crippen LogP contribution in [0.4, 0.5) is 8.78 Å². The standard InChI is InChI=1S/C25H35F2NO4/c1-19(10-9-13-20-11-5-4-6-12-20)22(29)16-15-21-18-25(26,27)24(32)28(21)17-8-3-2-7-14-23(30)31/h4-6,11-12,15-16,19,21-22,29H,2-3,7-10,13-14,17-18H2,1H3,(H,30,31)/b16-15+/t19-,21+,22+/m1/s1. The molecule has 3 atom stereocenters. The molecular formula is C25H35F2NO4. The van der Waals surface area contributed by atoms with Crippen LogP contribution in [0, 0.1) is 5.92 Å². The number of amides is 1. The maximum absolute atomic E-state index is 14.0. The molecule has 0 aliphatic carbocycles. The van der Waals surface area contributed by atoms with E-state index in [0.29, 0.717) is 25.7 Å². The van der Waals surface area contributed by atoms with Gasteiger partial charge in [-0.1, -0.05) is 62.2 Å². The number of rotatable bonds is 14. The van der Waals surface area contributed by atoms with E-state index in [1.165, 1.54) is 10.5 Å². The number of carbonyl (C=O) groups is 2. The zero-order valence-electron chi connectivity index (χ0n) is 18.8. The number of aliphatic hydroxyl groups excluding tert-OH is 1. The number of likely N-dealkylation sites (tertiary alicyclic amines) is 1. The molecular weight excluding hydrogens is 416 g/mol. The minimum Gasteiger partial charge on any atom is -0.481 e. The third-order valence-corrected chi connectivity index (χ3v) is 6.06. The number of hydrogen-bond acceptors (Lipinski definition) is 3. The smallest absolute Gasteiger partial charge is 0.327 e. The van der Waals surface area contributed by atoms with Crippen molar-refractivity contribution >= 4 is 11.9 Å². The minimum atomic E-state index is -3.38. The van der Waals surface area contributed by atoms with Crippen LogP contribution < -0.4 is 0 Å². The summed E-state index contributed by atoms with van der Waals surface area (Å²) in [5, 5.41) is 19.1. The van der Waals surface area contributed by atoms with E-state index in [4.69, 9.17) is 5.11 Å². The maximum Gasteiger partial charge on any atom is 0.327 e. The van der Waals surface area contributed by atoms with Crippen molar-refractivity contribution in [3.63, 3.8) is 0 Å². The Hall–Kier alpha value is -2.28. The molecule has 2 N–H and O–H groups in total. The van der Waals surface area contributed by atoms with Gasteiger partial charge in [0, 0.05) is 19.4 Å². The highest BCUT2D eigenvalue weighted by Gasteiger charge is 2.52. The number of alkyl halides is 2. The largest absolute Gasteiger partial charge is 0.481 e. The summed E-state index contributed by atoms with van der Waals surface area (Å²) in [6.45, 7) is 2.14. The predicted octanol–water partition coefficient (Wildman–Crippen LogP) is 4.83. The topological polar surface area (TPSA) is 77.8 Å². The van der Waals surface area contributed by atoms with Gasteiger partial charge in [0.15, 0.2) is 0 Å². The number of hydrogen-bond donors (Lipinski definition) is 2. The molecule has 1 aliphatic heterocycles. The van der Waals surface area contributed by atoms with Crippen molar-refractivity contribution in [2.24, 2.45) is 5.92 Å². The Kier molecular flexibility index (Phi) is 10.3. The zero-order valence-corrected chi connectivity index (χ0v) is 18.8. The molecule has 1 amide bonds. The minimum absolute atomic E-state index is 0.0183. The van der Waals surface area contributed by atoms with Crippen molar-refractivity contribution in [1.82, 2.24) is 4.90 Å². The Labute approximate surface area is 189 Å². The predicted molar refractivity (Wildman–Crippen MR) is 119 cm³/mol. The van der Waals surface area contributed by atoms with E-state index in [0.717, 1.165) is 19.3 Å². The van der Waals surface area contributed by atoms with E-state index in [1.807, 2.05) is 25.1 Å². The summed E-state index contributed by atoms with van der Waals surface area (Å²) in [7, 11) is 0. The van der Waals surface area contributed by atoms with Gasteiger partial charge in [0.2, 0.25) is 0 Å². The third kappa shape index (κ3) is 8.34. The summed E-state index contributed by atoms with van der Waals surface area (Å²) in [4.78, 5) is 23.8. The first-order chi connectivity index (χ1) is 15.2. The molecule has 1 aromatic carbocycles. The number of carboxylic acids is 1. The Morgan fingerprint density at radius 2 is 1.88 bits per heavy atom. The summed E-state index contributed by atoms with van der Waals surface area (Å²) in [5.41, 5.74) is 1.25. The Morgan fingerprint density at radius 1 is 1.19 bits per heavy atom. The fourth-order valence-corrected chi connectivity index (χ4v) is 4.05. The van der Waals surface area contributed by atoms with Gasteiger partial charge < -0.3 is 15.1 Å². The normalized spacial score (nSPS) is 20.1. The SMILES string of the molecule is C[C@H](CCCc1ccccc1)[C@@H](O)/C=C/[C@H]1CC(F)(F)C(=O)N1CCCCCCC(=O)O. The van der Waals surface area contributed by atoms with Gasteiger partial charge in [-0.15, -0.1) is 0 Å². The van der Waals surface area contributed by atoms with Crippen LogP contribution >= 0.6 is 0 Å². The van der Waals surface area contributed by atoms with Gasteiger partial charge >= 0.3 is 11.9 Å². The molecule has 0 unspecified atom stereocenters. The fourth-order valence-electron chi connectivity index (χ4n) is 4.05. The lowest BCUT2D eigenvalue weighted by molar-refractivity contribution is -0.148. The number of unbranched alkanes of at least 4 members (excludes halogenated alkanes) is 3. The molecule has 0 saturated carbocycles. The van der Waals surface area contributed by atoms with Gasteiger partial charge in [0.05, 0.1) is 12.1 Å². The Morgan fingerprint density at radius 3 is 2.56 bits per heavy atom. The van der Waals surface area contributed by atoms with Gasteiger partial charge in [-0.25, -0.2) is 0 Å². The van der Waals surface area contributed by atoms with Crippen LogP contribution in [0.15, 0.2) is 42.5 Å². The lowest BCUT2D eigenvalue weighted by Gasteiger charge is -2.22. The number of benzene rings is 1. The van der Waals surface area contributed by atoms with E-state index in [-0.39, 0.29) is 18.9 Å². The molecule has 1 aliphatic rings. The Bertz CT molecular complexity index is 754. The van der Waals surface area contributed by atoms with Crippen LogP contribution in [-0.4, -0.2) is 51.6 Å². The molecule has 0 radical (unpaired) electrons. The van der Waals surface area contributed by atoms with Crippen molar-refractivity contribution in [3.8, 4) is 0 Å². The molecule has 1 fully saturated rings. The van der Waals surface area contributed by atoms with E-state index < -0.39 is 36.4 Å². The highest BCUT2D eigenvalue weighted by atomic mass is 19.3. The van der Waals surface area contributed by atoms with Gasteiger partial charge in [0.25, 0.3) is 5.91 Å². The number of carbonyl (C=O) groups excluding carboxylic acids is 1. The van der Waals surface area contributed by atoms with Crippen LogP contribution in [-0.2, 0) is 16.0 Å². The lowest BCUT2D eigenvalue weighted by atomic mass is 9.95. The molecule has 1 heterocycles. The van der Waals surface area contributed by atoms with Crippen LogP contribution in [0.2, 0.25) is 0 Å². The molecule has 1 aromatic rings. The number of aryl methyl sites for hydroxylation is 1. The maximum atomic E-state index is 14.0. The molecule has 32 heavy (non-hydrogen) atoms. The molecule has 2 rings (SSSR count). The average molecular weight is 452 g/mol. The van der Waals surface area contributed by atoms with Crippen molar-refractivity contribution in [1.29, 1.82) is 0 Å². The zero-order chi connectivity index (χ0) is 23.6. The van der Waals surface area contributed by atoms with Crippen molar-refractivity contribution in [2.75, 3.05) is 6.54 Å². The first kappa shape index (κ1) is 26.0. The molecule has 7 heteroatoms. The van der Waals surface area contributed by atoms with E-state index >= 15 is 0 Å². The first-order valence-corrected chi connectivity index (χ1v) is 11.5. The number of carboxylic acid groups (broad SMARTS) is 1. The monoisotopic (exact) mass is 451 g/mol. The lowest BCUT2D eigenvalue weighted by Crippen LogP contribution is -2.36. The number of aliphatic hydroxyl groups is 1. The number of aliphatic carboxylic acids is 1. The summed E-state index contributed by atoms with van der Waals surface area (Å²) in [6, 6.07) is 9.37. The summed E-state index contributed by atoms with van der Waals surface area (Å²) < 4.78 is 28.0. The second-order valence-electron chi connectivity index (χ2n) is 8.76. The molecule has 0 aromatic heterocycles. The van der Waals surface area contributed by atoms with E-state index in [1.54, 1.807) is 12.2 Å². The summed E-state index contributed by atoms with van der Waals surface area (Å²) in [6.07, 6.45) is 6.95. The third-order valence-electron chi connectivity index (χ3n) is 6.06. The van der Waals surface area contributed by atoms with Crippen LogP contribution in [0.3, 0.4) is 0 Å². The van der Waals surface area contributed by atoms with Gasteiger partial charge in [-0.3, -0.25) is 9.59 Å². The molecule has 5 nitrogen and oxygen atoms in total. The highest BCUT2D eigenvalue weighted by Crippen LogP contribution is 2.34. The number of halogens is 2. The van der Waals surface area contributed by atoms with Gasteiger partial charge in [-0.05, 0) is 43.6 Å². The van der Waals surface area contributed by atoms with Crippen molar-refractivity contribution in [3.05, 3.63) is 48.0 Å². The first-order valence-electron chi connectivity index (χ1n) is 11.5. The average Bonchev–Trinajstić information content (AvgIpc) is 2.97. The van der Waals surface area contributed by atoms with E-state index in [2.05, 4.69) is 12.1 Å². The molecule has 1 saturated heterocycles. The quantitative estimate of drug-likeness (QED) is 0.314. The van der Waals surface area contributed by atoms with Crippen molar-refractivity contribution in [2.45, 2.75) is 82.8 Å². The summed E-state index contributed by atoms with van der Waals surface area (Å²) >= 11 is 0. The van der Waals surface area contributed by atoms with Gasteiger partial charge in [0.1, 0.15) is 0 Å². The summed E-state index contributed by atoms with van der Waals surface area (Å²) in [5.74, 6) is -5.42. The second-order valence-corrected chi connectivity index (χ2v) is 8.76. The fraction of sp³-hybridized carbons (Fsp3) is 0.600. The Balaban J connectivity index is 1.81.